The lowest BCUT2D eigenvalue weighted by Crippen LogP contribution is -2.41. The van der Waals surface area contributed by atoms with Crippen molar-refractivity contribution in [3.63, 3.8) is 0 Å². The summed E-state index contributed by atoms with van der Waals surface area (Å²) in [6.45, 7) is 10.3. The molecule has 2 aromatic rings. The van der Waals surface area contributed by atoms with E-state index in [9.17, 15) is 0 Å². The van der Waals surface area contributed by atoms with Crippen molar-refractivity contribution in [1.82, 2.24) is 15.3 Å². The molecule has 8 heteroatoms. The predicted octanol–water partition coefficient (Wildman–Crippen LogP) is 1.64. The van der Waals surface area contributed by atoms with E-state index in [1.54, 1.807) is 0 Å². The van der Waals surface area contributed by atoms with Gasteiger partial charge in [-0.1, -0.05) is 6.07 Å². The number of rotatable bonds is 2. The standard InChI is InChI=1S/C19H26BN3O4/c1-17(2)18(3,4)27-20(26-17)12-5-6-13-14(9-12)23-16(22-13)15-10-19(11-21-15)24-7-8-25-19/h5-6,9,15,21H,7-8,10-11H2,1-4H3,(H,22,23). The third-order valence-corrected chi connectivity index (χ3v) is 6.33. The van der Waals surface area contributed by atoms with E-state index in [2.05, 4.69) is 44.1 Å². The van der Waals surface area contributed by atoms with Crippen LogP contribution in [-0.2, 0) is 18.8 Å². The van der Waals surface area contributed by atoms with Crippen LogP contribution < -0.4 is 10.8 Å². The number of ether oxygens (including phenoxy) is 2. The third kappa shape index (κ3) is 2.82. The van der Waals surface area contributed by atoms with Crippen LogP contribution in [0.4, 0.5) is 0 Å². The fraction of sp³-hybridized carbons (Fsp3) is 0.632. The summed E-state index contributed by atoms with van der Waals surface area (Å²) in [7, 11) is -0.376. The highest BCUT2D eigenvalue weighted by Gasteiger charge is 2.51. The van der Waals surface area contributed by atoms with Gasteiger partial charge in [0.05, 0.1) is 48.0 Å². The van der Waals surface area contributed by atoms with Crippen molar-refractivity contribution in [2.24, 2.45) is 0 Å². The molecule has 27 heavy (non-hydrogen) atoms. The molecule has 3 saturated heterocycles. The lowest BCUT2D eigenvalue weighted by Gasteiger charge is -2.32. The normalized spacial score (nSPS) is 28.6. The minimum Gasteiger partial charge on any atom is -0.399 e. The van der Waals surface area contributed by atoms with E-state index in [4.69, 9.17) is 23.8 Å². The zero-order chi connectivity index (χ0) is 18.9. The molecule has 7 nitrogen and oxygen atoms in total. The molecule has 0 bridgehead atoms. The highest BCUT2D eigenvalue weighted by molar-refractivity contribution is 6.62. The first-order valence-electron chi connectivity index (χ1n) is 9.64. The molecule has 1 aromatic carbocycles. The summed E-state index contributed by atoms with van der Waals surface area (Å²) in [5.41, 5.74) is 2.20. The number of benzene rings is 1. The molecule has 0 radical (unpaired) electrons. The summed E-state index contributed by atoms with van der Waals surface area (Å²) >= 11 is 0. The molecule has 0 saturated carbocycles. The molecular formula is C19H26BN3O4. The molecule has 4 heterocycles. The zero-order valence-electron chi connectivity index (χ0n) is 16.3. The van der Waals surface area contributed by atoms with Crippen molar-refractivity contribution >= 4 is 23.6 Å². The number of nitrogens with one attached hydrogen (secondary N) is 2. The van der Waals surface area contributed by atoms with Crippen LogP contribution >= 0.6 is 0 Å². The maximum absolute atomic E-state index is 6.17. The van der Waals surface area contributed by atoms with Gasteiger partial charge >= 0.3 is 7.12 Å². The minimum atomic E-state index is -0.489. The Morgan fingerprint density at radius 3 is 2.48 bits per heavy atom. The van der Waals surface area contributed by atoms with Crippen molar-refractivity contribution in [2.75, 3.05) is 19.8 Å². The van der Waals surface area contributed by atoms with Crippen molar-refractivity contribution in [3.05, 3.63) is 24.0 Å². The fourth-order valence-electron chi connectivity index (χ4n) is 3.98. The molecule has 1 atom stereocenters. The van der Waals surface area contributed by atoms with E-state index in [-0.39, 0.29) is 24.4 Å². The van der Waals surface area contributed by atoms with Crippen molar-refractivity contribution < 1.29 is 18.8 Å². The second-order valence-electron chi connectivity index (χ2n) is 8.73. The summed E-state index contributed by atoms with van der Waals surface area (Å²) in [5.74, 6) is 0.421. The Morgan fingerprint density at radius 2 is 1.78 bits per heavy atom. The Balaban J connectivity index is 1.40. The minimum absolute atomic E-state index is 0.0933. The van der Waals surface area contributed by atoms with Gasteiger partial charge in [-0.05, 0) is 45.3 Å². The number of hydrogen-bond donors (Lipinski definition) is 2. The first-order chi connectivity index (χ1) is 12.8. The lowest BCUT2D eigenvalue weighted by molar-refractivity contribution is -0.141. The van der Waals surface area contributed by atoms with Crippen LogP contribution in [0, 0.1) is 0 Å². The Morgan fingerprint density at radius 1 is 1.07 bits per heavy atom. The molecule has 0 amide bonds. The maximum atomic E-state index is 6.17. The SMILES string of the molecule is CC1(C)OB(c2ccc3nc(C4CC5(CN4)OCCO5)[nH]c3c2)OC1(C)C. The van der Waals surface area contributed by atoms with Gasteiger partial charge in [0.25, 0.3) is 0 Å². The average Bonchev–Trinajstić information content (AvgIpc) is 3.36. The van der Waals surface area contributed by atoms with E-state index in [0.29, 0.717) is 19.8 Å². The molecule has 2 N–H and O–H groups in total. The van der Waals surface area contributed by atoms with Crippen molar-refractivity contribution in [3.8, 4) is 0 Å². The first-order valence-corrected chi connectivity index (χ1v) is 9.64. The van der Waals surface area contributed by atoms with E-state index < -0.39 is 5.79 Å². The highest BCUT2D eigenvalue weighted by Crippen LogP contribution is 2.37. The number of fused-ring (bicyclic) bond motifs is 1. The molecule has 3 fully saturated rings. The first kappa shape index (κ1) is 17.6. The van der Waals surface area contributed by atoms with Crippen LogP contribution in [0.15, 0.2) is 18.2 Å². The number of hydrogen-bond acceptors (Lipinski definition) is 6. The van der Waals surface area contributed by atoms with E-state index in [1.807, 2.05) is 12.1 Å². The molecule has 1 aromatic heterocycles. The molecule has 5 rings (SSSR count). The van der Waals surface area contributed by atoms with Gasteiger partial charge in [-0.25, -0.2) is 4.98 Å². The quantitative estimate of drug-likeness (QED) is 0.782. The van der Waals surface area contributed by atoms with Gasteiger partial charge in [0.15, 0.2) is 5.79 Å². The molecule has 3 aliphatic rings. The number of imidazole rings is 1. The summed E-state index contributed by atoms with van der Waals surface area (Å²) < 4.78 is 23.9. The van der Waals surface area contributed by atoms with Crippen molar-refractivity contribution in [1.29, 1.82) is 0 Å². The van der Waals surface area contributed by atoms with Gasteiger partial charge in [0.1, 0.15) is 5.82 Å². The monoisotopic (exact) mass is 371 g/mol. The summed E-state index contributed by atoms with van der Waals surface area (Å²) in [5, 5.41) is 3.46. The van der Waals surface area contributed by atoms with Crippen LogP contribution in [0.3, 0.4) is 0 Å². The van der Waals surface area contributed by atoms with Gasteiger partial charge in [-0.15, -0.1) is 0 Å². The number of H-pyrrole nitrogens is 1. The zero-order valence-corrected chi connectivity index (χ0v) is 16.3. The van der Waals surface area contributed by atoms with Crippen LogP contribution in [0.25, 0.3) is 11.0 Å². The summed E-state index contributed by atoms with van der Waals surface area (Å²) in [6.07, 6.45) is 0.761. The highest BCUT2D eigenvalue weighted by atomic mass is 16.7. The van der Waals surface area contributed by atoms with Gasteiger partial charge in [0, 0.05) is 6.42 Å². The number of nitrogens with zero attached hydrogens (tertiary/aromatic N) is 1. The maximum Gasteiger partial charge on any atom is 0.494 e. The lowest BCUT2D eigenvalue weighted by atomic mass is 9.79. The number of aromatic nitrogens is 2. The van der Waals surface area contributed by atoms with Crippen LogP contribution in [0.5, 0.6) is 0 Å². The Labute approximate surface area is 159 Å². The van der Waals surface area contributed by atoms with Gasteiger partial charge in [0.2, 0.25) is 0 Å². The molecule has 3 aliphatic heterocycles. The van der Waals surface area contributed by atoms with Crippen molar-refractivity contribution in [2.45, 2.75) is 57.1 Å². The largest absolute Gasteiger partial charge is 0.494 e. The summed E-state index contributed by atoms with van der Waals surface area (Å²) in [6, 6.07) is 6.21. The Kier molecular flexibility index (Phi) is 3.78. The molecular weight excluding hydrogens is 345 g/mol. The molecule has 1 unspecified atom stereocenters. The van der Waals surface area contributed by atoms with Crippen LogP contribution in [0.2, 0.25) is 0 Å². The topological polar surface area (TPSA) is 77.6 Å². The Hall–Kier alpha value is -1.45. The van der Waals surface area contributed by atoms with Gasteiger partial charge in [-0.2, -0.15) is 0 Å². The molecule has 1 spiro atoms. The molecule has 0 aliphatic carbocycles. The fourth-order valence-corrected chi connectivity index (χ4v) is 3.98. The second kappa shape index (κ2) is 5.78. The molecule has 144 valence electrons. The van der Waals surface area contributed by atoms with E-state index >= 15 is 0 Å². The predicted molar refractivity (Wildman–Crippen MR) is 102 cm³/mol. The summed E-state index contributed by atoms with van der Waals surface area (Å²) in [4.78, 5) is 8.22. The number of aromatic amines is 1. The van der Waals surface area contributed by atoms with E-state index in [1.165, 1.54) is 0 Å². The smallest absolute Gasteiger partial charge is 0.399 e. The van der Waals surface area contributed by atoms with E-state index in [0.717, 1.165) is 28.7 Å². The third-order valence-electron chi connectivity index (χ3n) is 6.33. The average molecular weight is 371 g/mol. The second-order valence-corrected chi connectivity index (χ2v) is 8.73. The Bertz CT molecular complexity index is 859. The van der Waals surface area contributed by atoms with Crippen LogP contribution in [-0.4, -0.2) is 53.8 Å². The van der Waals surface area contributed by atoms with Crippen LogP contribution in [0.1, 0.15) is 46.0 Å². The van der Waals surface area contributed by atoms with Gasteiger partial charge < -0.3 is 29.1 Å². The van der Waals surface area contributed by atoms with Gasteiger partial charge in [-0.3, -0.25) is 0 Å².